The monoisotopic (exact) mass is 189 g/mol. The highest BCUT2D eigenvalue weighted by Crippen LogP contribution is 2.19. The minimum Gasteiger partial charge on any atom is -0.399 e. The number of nitrogens with two attached hydrogens (primary N) is 2. The molecule has 0 fully saturated rings. The summed E-state index contributed by atoms with van der Waals surface area (Å²) in [5, 5.41) is 3.96. The van der Waals surface area contributed by atoms with Gasteiger partial charge in [-0.15, -0.1) is 5.10 Å². The van der Waals surface area contributed by atoms with Crippen LogP contribution in [0, 0.1) is 0 Å². The number of hydrogen-bond donors (Lipinski definition) is 2. The van der Waals surface area contributed by atoms with Gasteiger partial charge < -0.3 is 11.5 Å². The van der Waals surface area contributed by atoms with E-state index in [1.807, 2.05) is 24.3 Å². The highest BCUT2D eigenvalue weighted by atomic mass is 15.4. The van der Waals surface area contributed by atoms with Crippen LogP contribution in [-0.2, 0) is 7.05 Å². The molecule has 14 heavy (non-hydrogen) atoms. The zero-order valence-corrected chi connectivity index (χ0v) is 7.81. The van der Waals surface area contributed by atoms with E-state index in [0.717, 1.165) is 11.4 Å². The van der Waals surface area contributed by atoms with Gasteiger partial charge in [0.2, 0.25) is 5.95 Å². The molecule has 0 atom stereocenters. The van der Waals surface area contributed by atoms with Gasteiger partial charge >= 0.3 is 0 Å². The second-order valence-corrected chi connectivity index (χ2v) is 3.04. The van der Waals surface area contributed by atoms with E-state index in [1.54, 1.807) is 11.7 Å². The van der Waals surface area contributed by atoms with Crippen LogP contribution in [0.1, 0.15) is 0 Å². The third kappa shape index (κ3) is 1.39. The fourth-order valence-corrected chi connectivity index (χ4v) is 1.33. The summed E-state index contributed by atoms with van der Waals surface area (Å²) in [5.41, 5.74) is 12.8. The zero-order valence-electron chi connectivity index (χ0n) is 7.81. The summed E-state index contributed by atoms with van der Waals surface area (Å²) in [4.78, 5) is 4.10. The summed E-state index contributed by atoms with van der Waals surface area (Å²) in [5.74, 6) is 0.986. The van der Waals surface area contributed by atoms with E-state index in [4.69, 9.17) is 11.5 Å². The van der Waals surface area contributed by atoms with Gasteiger partial charge in [0.15, 0.2) is 5.82 Å². The van der Waals surface area contributed by atoms with Crippen molar-refractivity contribution in [3.05, 3.63) is 24.3 Å². The van der Waals surface area contributed by atoms with Crippen LogP contribution in [0.4, 0.5) is 11.6 Å². The molecule has 1 aromatic carbocycles. The molecule has 0 aliphatic rings. The fourth-order valence-electron chi connectivity index (χ4n) is 1.33. The first-order chi connectivity index (χ1) is 6.66. The van der Waals surface area contributed by atoms with E-state index in [-0.39, 0.29) is 5.95 Å². The van der Waals surface area contributed by atoms with Crippen molar-refractivity contribution in [3.63, 3.8) is 0 Å². The first-order valence-electron chi connectivity index (χ1n) is 4.19. The van der Waals surface area contributed by atoms with E-state index >= 15 is 0 Å². The van der Waals surface area contributed by atoms with Gasteiger partial charge in [0, 0.05) is 18.3 Å². The van der Waals surface area contributed by atoms with Crippen molar-refractivity contribution < 1.29 is 0 Å². The van der Waals surface area contributed by atoms with Gasteiger partial charge in [0.1, 0.15) is 0 Å². The van der Waals surface area contributed by atoms with Gasteiger partial charge in [-0.2, -0.15) is 4.98 Å². The molecule has 0 bridgehead atoms. The molecule has 0 aliphatic carbocycles. The van der Waals surface area contributed by atoms with E-state index < -0.39 is 0 Å². The average Bonchev–Trinajstić information content (AvgIpc) is 2.45. The van der Waals surface area contributed by atoms with Crippen molar-refractivity contribution in [3.8, 4) is 11.4 Å². The van der Waals surface area contributed by atoms with Crippen LogP contribution in [0.5, 0.6) is 0 Å². The van der Waals surface area contributed by atoms with Crippen molar-refractivity contribution in [1.29, 1.82) is 0 Å². The molecule has 0 radical (unpaired) electrons. The lowest BCUT2D eigenvalue weighted by Crippen LogP contribution is -1.95. The van der Waals surface area contributed by atoms with Gasteiger partial charge in [-0.1, -0.05) is 12.1 Å². The Kier molecular flexibility index (Phi) is 1.85. The zero-order chi connectivity index (χ0) is 10.1. The molecular weight excluding hydrogens is 178 g/mol. The predicted octanol–water partition coefficient (Wildman–Crippen LogP) is 0.647. The maximum atomic E-state index is 5.66. The maximum absolute atomic E-state index is 5.66. The van der Waals surface area contributed by atoms with Crippen LogP contribution in [0.25, 0.3) is 11.4 Å². The van der Waals surface area contributed by atoms with Crippen LogP contribution in [0.15, 0.2) is 24.3 Å². The molecular formula is C9H11N5. The summed E-state index contributed by atoms with van der Waals surface area (Å²) in [7, 11) is 1.79. The number of nitrogens with zero attached hydrogens (tertiary/aromatic N) is 3. The first kappa shape index (κ1) is 8.55. The highest BCUT2D eigenvalue weighted by molar-refractivity contribution is 5.61. The molecule has 2 aromatic rings. The minimum atomic E-state index is 0.268. The van der Waals surface area contributed by atoms with E-state index in [1.165, 1.54) is 0 Å². The molecule has 0 aliphatic heterocycles. The number of rotatable bonds is 1. The number of benzene rings is 1. The summed E-state index contributed by atoms with van der Waals surface area (Å²) in [6.07, 6.45) is 0. The van der Waals surface area contributed by atoms with Crippen molar-refractivity contribution in [2.75, 3.05) is 11.5 Å². The van der Waals surface area contributed by atoms with Gasteiger partial charge in [-0.25, -0.2) is 4.68 Å². The van der Waals surface area contributed by atoms with Crippen LogP contribution in [-0.4, -0.2) is 14.8 Å². The quantitative estimate of drug-likeness (QED) is 0.645. The lowest BCUT2D eigenvalue weighted by Gasteiger charge is -2.00. The minimum absolute atomic E-state index is 0.268. The van der Waals surface area contributed by atoms with Gasteiger partial charge in [0.25, 0.3) is 0 Å². The number of nitrogen functional groups attached to an aromatic ring is 2. The van der Waals surface area contributed by atoms with Gasteiger partial charge in [-0.05, 0) is 12.1 Å². The molecule has 0 saturated carbocycles. The third-order valence-electron chi connectivity index (χ3n) is 1.92. The Labute approximate surface area is 81.4 Å². The van der Waals surface area contributed by atoms with Crippen molar-refractivity contribution in [2.45, 2.75) is 0 Å². The second kappa shape index (κ2) is 3.02. The summed E-state index contributed by atoms with van der Waals surface area (Å²) in [6, 6.07) is 7.45. The smallest absolute Gasteiger partial charge is 0.240 e. The van der Waals surface area contributed by atoms with Crippen molar-refractivity contribution in [2.24, 2.45) is 7.05 Å². The predicted molar refractivity (Wildman–Crippen MR) is 55.3 cm³/mol. The van der Waals surface area contributed by atoms with Crippen LogP contribution in [0.3, 0.4) is 0 Å². The Hall–Kier alpha value is -2.04. The number of aryl methyl sites for hydroxylation is 1. The fraction of sp³-hybridized carbons (Fsp3) is 0.111. The summed E-state index contributed by atoms with van der Waals surface area (Å²) < 4.78 is 1.63. The van der Waals surface area contributed by atoms with E-state index in [0.29, 0.717) is 5.69 Å². The second-order valence-electron chi connectivity index (χ2n) is 3.04. The number of aromatic nitrogens is 3. The van der Waals surface area contributed by atoms with Crippen LogP contribution < -0.4 is 11.5 Å². The van der Waals surface area contributed by atoms with Crippen molar-refractivity contribution in [1.82, 2.24) is 14.8 Å². The van der Waals surface area contributed by atoms with Crippen LogP contribution in [0.2, 0.25) is 0 Å². The van der Waals surface area contributed by atoms with Crippen molar-refractivity contribution >= 4 is 11.6 Å². The lowest BCUT2D eigenvalue weighted by molar-refractivity contribution is 0.778. The Morgan fingerprint density at radius 2 is 2.07 bits per heavy atom. The molecule has 0 amide bonds. The van der Waals surface area contributed by atoms with E-state index in [2.05, 4.69) is 10.1 Å². The Balaban J connectivity index is 2.54. The highest BCUT2D eigenvalue weighted by Gasteiger charge is 2.06. The largest absolute Gasteiger partial charge is 0.399 e. The topological polar surface area (TPSA) is 82.8 Å². The molecule has 5 nitrogen and oxygen atoms in total. The standard InChI is InChI=1S/C9H11N5/c1-14-8(12-9(11)13-14)6-3-2-4-7(10)5-6/h2-5H,10H2,1H3,(H2,11,13). The molecule has 0 unspecified atom stereocenters. The first-order valence-corrected chi connectivity index (χ1v) is 4.19. The molecule has 72 valence electrons. The number of anilines is 2. The maximum Gasteiger partial charge on any atom is 0.240 e. The summed E-state index contributed by atoms with van der Waals surface area (Å²) in [6.45, 7) is 0. The third-order valence-corrected chi connectivity index (χ3v) is 1.92. The molecule has 2 rings (SSSR count). The van der Waals surface area contributed by atoms with Gasteiger partial charge in [-0.3, -0.25) is 0 Å². The normalized spacial score (nSPS) is 10.4. The molecule has 1 aromatic heterocycles. The Morgan fingerprint density at radius 1 is 1.29 bits per heavy atom. The van der Waals surface area contributed by atoms with E-state index in [9.17, 15) is 0 Å². The lowest BCUT2D eigenvalue weighted by atomic mass is 10.2. The SMILES string of the molecule is Cn1nc(N)nc1-c1cccc(N)c1. The summed E-state index contributed by atoms with van der Waals surface area (Å²) >= 11 is 0. The molecule has 1 heterocycles. The number of hydrogen-bond acceptors (Lipinski definition) is 4. The average molecular weight is 189 g/mol. The van der Waals surface area contributed by atoms with Gasteiger partial charge in [0.05, 0.1) is 0 Å². The Morgan fingerprint density at radius 3 is 2.64 bits per heavy atom. The molecule has 4 N–H and O–H groups in total. The molecule has 0 saturated heterocycles. The molecule has 5 heteroatoms. The van der Waals surface area contributed by atoms with Crippen LogP contribution >= 0.6 is 0 Å². The molecule has 0 spiro atoms. The Bertz CT molecular complexity index is 460.